The minimum Gasteiger partial charge on any atom is -0.366 e. The van der Waals surface area contributed by atoms with E-state index in [1.807, 2.05) is 37.3 Å². The Hall–Kier alpha value is -2.49. The zero-order chi connectivity index (χ0) is 12.7. The fraction of sp³-hybridized carbons (Fsp3) is 0.0714. The van der Waals surface area contributed by atoms with Crippen molar-refractivity contribution >= 4 is 28.0 Å². The molecule has 0 unspecified atom stereocenters. The lowest BCUT2D eigenvalue weighted by molar-refractivity contribution is 0.100. The van der Waals surface area contributed by atoms with Gasteiger partial charge in [0.05, 0.1) is 22.1 Å². The Labute approximate surface area is 103 Å². The molecule has 0 saturated heterocycles. The molecule has 0 bridgehead atoms. The average molecular weight is 237 g/mol. The Balaban J connectivity index is 2.52. The SMILES string of the molecule is Cc1ccc(C(N)=O)c2nc3ccccc3nc12. The van der Waals surface area contributed by atoms with Crippen molar-refractivity contribution in [2.45, 2.75) is 6.92 Å². The number of nitrogens with zero attached hydrogens (tertiary/aromatic N) is 2. The molecule has 2 aromatic carbocycles. The van der Waals surface area contributed by atoms with Crippen molar-refractivity contribution in [3.63, 3.8) is 0 Å². The van der Waals surface area contributed by atoms with Gasteiger partial charge in [0.15, 0.2) is 0 Å². The standard InChI is InChI=1S/C14H11N3O/c1-8-6-7-9(14(15)18)13-12(8)16-10-4-2-3-5-11(10)17-13/h2-7H,1H3,(H2,15,18). The molecule has 0 radical (unpaired) electrons. The molecule has 1 amide bonds. The molecule has 0 spiro atoms. The van der Waals surface area contributed by atoms with Gasteiger partial charge in [-0.2, -0.15) is 0 Å². The zero-order valence-electron chi connectivity index (χ0n) is 9.84. The third-order valence-electron chi connectivity index (χ3n) is 2.96. The Morgan fingerprint density at radius 2 is 1.61 bits per heavy atom. The Bertz CT molecular complexity index is 780. The van der Waals surface area contributed by atoms with Crippen molar-refractivity contribution in [2.24, 2.45) is 5.73 Å². The van der Waals surface area contributed by atoms with Crippen LogP contribution in [0.4, 0.5) is 0 Å². The van der Waals surface area contributed by atoms with Crippen molar-refractivity contribution in [1.82, 2.24) is 9.97 Å². The van der Waals surface area contributed by atoms with E-state index in [0.717, 1.165) is 22.1 Å². The molecule has 18 heavy (non-hydrogen) atoms. The monoisotopic (exact) mass is 237 g/mol. The summed E-state index contributed by atoms with van der Waals surface area (Å²) in [5.74, 6) is -0.482. The number of amides is 1. The molecule has 0 saturated carbocycles. The minimum absolute atomic E-state index is 0.411. The molecule has 88 valence electrons. The molecule has 0 fully saturated rings. The van der Waals surface area contributed by atoms with E-state index in [2.05, 4.69) is 9.97 Å². The second kappa shape index (κ2) is 3.77. The maximum Gasteiger partial charge on any atom is 0.250 e. The van der Waals surface area contributed by atoms with Gasteiger partial charge in [-0.25, -0.2) is 9.97 Å². The fourth-order valence-corrected chi connectivity index (χ4v) is 2.03. The Kier molecular flexibility index (Phi) is 2.23. The van der Waals surface area contributed by atoms with E-state index in [-0.39, 0.29) is 0 Å². The average Bonchev–Trinajstić information content (AvgIpc) is 2.37. The summed E-state index contributed by atoms with van der Waals surface area (Å²) >= 11 is 0. The maximum absolute atomic E-state index is 11.4. The van der Waals surface area contributed by atoms with Crippen LogP contribution in [0.25, 0.3) is 22.1 Å². The first-order chi connectivity index (χ1) is 8.66. The fourth-order valence-electron chi connectivity index (χ4n) is 2.03. The number of rotatable bonds is 1. The van der Waals surface area contributed by atoms with Gasteiger partial charge in [0.1, 0.15) is 5.52 Å². The van der Waals surface area contributed by atoms with Crippen LogP contribution in [0.15, 0.2) is 36.4 Å². The van der Waals surface area contributed by atoms with Crippen molar-refractivity contribution in [2.75, 3.05) is 0 Å². The van der Waals surface area contributed by atoms with E-state index in [1.54, 1.807) is 6.07 Å². The summed E-state index contributed by atoms with van der Waals surface area (Å²) in [7, 11) is 0. The first kappa shape index (κ1) is 10.7. The van der Waals surface area contributed by atoms with Gasteiger partial charge in [-0.3, -0.25) is 4.79 Å². The summed E-state index contributed by atoms with van der Waals surface area (Å²) in [6.07, 6.45) is 0. The normalized spacial score (nSPS) is 10.9. The third-order valence-corrected chi connectivity index (χ3v) is 2.96. The van der Waals surface area contributed by atoms with Crippen molar-refractivity contribution in [3.05, 3.63) is 47.5 Å². The highest BCUT2D eigenvalue weighted by Gasteiger charge is 2.11. The maximum atomic E-state index is 11.4. The van der Waals surface area contributed by atoms with Crippen LogP contribution in [0.3, 0.4) is 0 Å². The highest BCUT2D eigenvalue weighted by Crippen LogP contribution is 2.21. The first-order valence-electron chi connectivity index (χ1n) is 5.63. The van der Waals surface area contributed by atoms with Crippen LogP contribution in [-0.2, 0) is 0 Å². The number of nitrogens with two attached hydrogens (primary N) is 1. The van der Waals surface area contributed by atoms with E-state index in [4.69, 9.17) is 5.73 Å². The minimum atomic E-state index is -0.482. The number of aromatic nitrogens is 2. The van der Waals surface area contributed by atoms with Crippen LogP contribution >= 0.6 is 0 Å². The molecule has 0 aliphatic carbocycles. The van der Waals surface area contributed by atoms with Gasteiger partial charge in [0.2, 0.25) is 0 Å². The van der Waals surface area contributed by atoms with Gasteiger partial charge in [-0.1, -0.05) is 18.2 Å². The summed E-state index contributed by atoms with van der Waals surface area (Å²) in [6, 6.07) is 11.1. The smallest absolute Gasteiger partial charge is 0.250 e. The molecular formula is C14H11N3O. The topological polar surface area (TPSA) is 68.9 Å². The lowest BCUT2D eigenvalue weighted by Crippen LogP contribution is -2.12. The van der Waals surface area contributed by atoms with Crippen molar-refractivity contribution < 1.29 is 4.79 Å². The molecule has 1 aromatic heterocycles. The largest absolute Gasteiger partial charge is 0.366 e. The zero-order valence-corrected chi connectivity index (χ0v) is 9.84. The molecule has 0 aliphatic heterocycles. The predicted octanol–water partition coefficient (Wildman–Crippen LogP) is 2.19. The Morgan fingerprint density at radius 3 is 2.22 bits per heavy atom. The van der Waals surface area contributed by atoms with Crippen LogP contribution in [0.2, 0.25) is 0 Å². The predicted molar refractivity (Wildman–Crippen MR) is 70.3 cm³/mol. The van der Waals surface area contributed by atoms with Crippen LogP contribution in [0, 0.1) is 6.92 Å². The highest BCUT2D eigenvalue weighted by molar-refractivity contribution is 6.05. The molecule has 4 heteroatoms. The van der Waals surface area contributed by atoms with E-state index in [1.165, 1.54) is 0 Å². The van der Waals surface area contributed by atoms with Gasteiger partial charge in [0, 0.05) is 0 Å². The number of benzene rings is 2. The van der Waals surface area contributed by atoms with Gasteiger partial charge in [0.25, 0.3) is 5.91 Å². The Morgan fingerprint density at radius 1 is 1.00 bits per heavy atom. The van der Waals surface area contributed by atoms with Gasteiger partial charge in [-0.15, -0.1) is 0 Å². The van der Waals surface area contributed by atoms with Crippen molar-refractivity contribution in [1.29, 1.82) is 0 Å². The lowest BCUT2D eigenvalue weighted by Gasteiger charge is -2.06. The molecular weight excluding hydrogens is 226 g/mol. The van der Waals surface area contributed by atoms with E-state index >= 15 is 0 Å². The molecule has 0 aliphatic rings. The van der Waals surface area contributed by atoms with Gasteiger partial charge in [-0.05, 0) is 30.7 Å². The number of aryl methyl sites for hydroxylation is 1. The molecule has 3 rings (SSSR count). The summed E-state index contributed by atoms with van der Waals surface area (Å²) in [5, 5.41) is 0. The second-order valence-electron chi connectivity index (χ2n) is 4.20. The second-order valence-corrected chi connectivity index (χ2v) is 4.20. The first-order valence-corrected chi connectivity index (χ1v) is 5.63. The number of primary amides is 1. The molecule has 1 heterocycles. The molecule has 0 atom stereocenters. The summed E-state index contributed by atoms with van der Waals surface area (Å²) in [6.45, 7) is 1.94. The van der Waals surface area contributed by atoms with Gasteiger partial charge < -0.3 is 5.73 Å². The summed E-state index contributed by atoms with van der Waals surface area (Å²) < 4.78 is 0. The number of hydrogen-bond acceptors (Lipinski definition) is 3. The number of carbonyl (C=O) groups is 1. The van der Waals surface area contributed by atoms with Crippen LogP contribution < -0.4 is 5.73 Å². The van der Waals surface area contributed by atoms with Crippen LogP contribution in [0.1, 0.15) is 15.9 Å². The highest BCUT2D eigenvalue weighted by atomic mass is 16.1. The van der Waals surface area contributed by atoms with Crippen LogP contribution in [-0.4, -0.2) is 15.9 Å². The quantitative estimate of drug-likeness (QED) is 0.659. The number of fused-ring (bicyclic) bond motifs is 2. The molecule has 2 N–H and O–H groups in total. The lowest BCUT2D eigenvalue weighted by atomic mass is 10.1. The third kappa shape index (κ3) is 1.50. The van der Waals surface area contributed by atoms with E-state index in [0.29, 0.717) is 11.1 Å². The van der Waals surface area contributed by atoms with E-state index < -0.39 is 5.91 Å². The number of para-hydroxylation sites is 2. The van der Waals surface area contributed by atoms with Gasteiger partial charge >= 0.3 is 0 Å². The molecule has 3 aromatic rings. The van der Waals surface area contributed by atoms with Crippen molar-refractivity contribution in [3.8, 4) is 0 Å². The number of carbonyl (C=O) groups excluding carboxylic acids is 1. The number of hydrogen-bond donors (Lipinski definition) is 1. The molecule has 4 nitrogen and oxygen atoms in total. The summed E-state index contributed by atoms with van der Waals surface area (Å²) in [4.78, 5) is 20.5. The van der Waals surface area contributed by atoms with Crippen LogP contribution in [0.5, 0.6) is 0 Å². The van der Waals surface area contributed by atoms with E-state index in [9.17, 15) is 4.79 Å². The summed E-state index contributed by atoms with van der Waals surface area (Å²) in [5.41, 5.74) is 9.63.